The van der Waals surface area contributed by atoms with E-state index in [0.717, 1.165) is 5.56 Å². The number of benzene rings is 1. The number of halogens is 3. The molecule has 1 heterocycles. The number of aromatic nitrogens is 1. The summed E-state index contributed by atoms with van der Waals surface area (Å²) >= 11 is 0. The SMILES string of the molecule is Cc1ccc(-c2nc(CCCC#N)c(C(F)(F)F)o2)cc1. The molecule has 0 atom stereocenters. The Morgan fingerprint density at radius 2 is 1.90 bits per heavy atom. The Hall–Kier alpha value is -2.29. The van der Waals surface area contributed by atoms with Crippen LogP contribution in [0.3, 0.4) is 0 Å². The first kappa shape index (κ1) is 15.1. The average Bonchev–Trinajstić information content (AvgIpc) is 2.84. The van der Waals surface area contributed by atoms with Crippen LogP contribution in [-0.4, -0.2) is 4.98 Å². The summed E-state index contributed by atoms with van der Waals surface area (Å²) in [6, 6.07) is 8.80. The summed E-state index contributed by atoms with van der Waals surface area (Å²) in [6.07, 6.45) is -4.01. The number of aryl methyl sites for hydroxylation is 2. The first-order valence-electron chi connectivity index (χ1n) is 6.42. The molecule has 0 spiro atoms. The molecule has 0 radical (unpaired) electrons. The summed E-state index contributed by atoms with van der Waals surface area (Å²) in [5.74, 6) is -1.12. The van der Waals surface area contributed by atoms with Gasteiger partial charge in [0, 0.05) is 12.0 Å². The molecule has 0 amide bonds. The van der Waals surface area contributed by atoms with E-state index < -0.39 is 11.9 Å². The standard InChI is InChI=1S/C15H13F3N2O/c1-10-5-7-11(8-6-10)14-20-12(4-2-3-9-19)13(21-14)15(16,17)18/h5-8H,2-4H2,1H3. The van der Waals surface area contributed by atoms with Crippen molar-refractivity contribution in [3.05, 3.63) is 41.3 Å². The maximum Gasteiger partial charge on any atom is 0.451 e. The second-order valence-electron chi connectivity index (χ2n) is 4.67. The summed E-state index contributed by atoms with van der Waals surface area (Å²) in [7, 11) is 0. The van der Waals surface area contributed by atoms with Gasteiger partial charge in [-0.05, 0) is 31.9 Å². The molecule has 2 rings (SSSR count). The van der Waals surface area contributed by atoms with E-state index in [2.05, 4.69) is 4.98 Å². The third kappa shape index (κ3) is 3.63. The van der Waals surface area contributed by atoms with Gasteiger partial charge < -0.3 is 4.42 Å². The quantitative estimate of drug-likeness (QED) is 0.779. The van der Waals surface area contributed by atoms with Crippen LogP contribution in [0.15, 0.2) is 28.7 Å². The highest BCUT2D eigenvalue weighted by molar-refractivity contribution is 5.54. The molecule has 0 aliphatic carbocycles. The molecule has 0 bridgehead atoms. The maximum absolute atomic E-state index is 13.0. The lowest BCUT2D eigenvalue weighted by Gasteiger charge is -2.03. The van der Waals surface area contributed by atoms with Gasteiger partial charge in [-0.3, -0.25) is 0 Å². The molecule has 0 aliphatic rings. The number of rotatable bonds is 4. The third-order valence-electron chi connectivity index (χ3n) is 2.96. The Kier molecular flexibility index (Phi) is 4.32. The maximum atomic E-state index is 13.0. The molecular formula is C15H13F3N2O. The van der Waals surface area contributed by atoms with Gasteiger partial charge >= 0.3 is 6.18 Å². The van der Waals surface area contributed by atoms with Crippen LogP contribution in [-0.2, 0) is 12.6 Å². The predicted molar refractivity (Wildman–Crippen MR) is 70.2 cm³/mol. The molecule has 0 unspecified atom stereocenters. The molecule has 0 N–H and O–H groups in total. The second-order valence-corrected chi connectivity index (χ2v) is 4.67. The highest BCUT2D eigenvalue weighted by Gasteiger charge is 2.39. The topological polar surface area (TPSA) is 49.8 Å². The van der Waals surface area contributed by atoms with Gasteiger partial charge in [0.05, 0.1) is 11.8 Å². The van der Waals surface area contributed by atoms with Crippen molar-refractivity contribution in [1.29, 1.82) is 5.26 Å². The summed E-state index contributed by atoms with van der Waals surface area (Å²) in [5.41, 5.74) is 1.35. The molecule has 2 aromatic rings. The summed E-state index contributed by atoms with van der Waals surface area (Å²) in [6.45, 7) is 1.88. The van der Waals surface area contributed by atoms with Gasteiger partial charge in [0.25, 0.3) is 0 Å². The van der Waals surface area contributed by atoms with Crippen LogP contribution < -0.4 is 0 Å². The van der Waals surface area contributed by atoms with Crippen molar-refractivity contribution >= 4 is 0 Å². The van der Waals surface area contributed by atoms with Crippen LogP contribution >= 0.6 is 0 Å². The molecule has 0 saturated heterocycles. The zero-order valence-corrected chi connectivity index (χ0v) is 11.4. The molecule has 0 aliphatic heterocycles. The average molecular weight is 294 g/mol. The van der Waals surface area contributed by atoms with Crippen molar-refractivity contribution in [2.24, 2.45) is 0 Å². The van der Waals surface area contributed by atoms with Gasteiger partial charge in [-0.2, -0.15) is 18.4 Å². The predicted octanol–water partition coefficient (Wildman–Crippen LogP) is 4.52. The van der Waals surface area contributed by atoms with E-state index in [1.54, 1.807) is 24.3 Å². The molecule has 1 aromatic heterocycles. The Balaban J connectivity index is 2.36. The monoisotopic (exact) mass is 294 g/mol. The molecule has 1 aromatic carbocycles. The fraction of sp³-hybridized carbons (Fsp3) is 0.333. The first-order chi connectivity index (χ1) is 9.91. The number of hydrogen-bond donors (Lipinski definition) is 0. The van der Waals surface area contributed by atoms with Gasteiger partial charge in [-0.15, -0.1) is 0 Å². The van der Waals surface area contributed by atoms with Crippen molar-refractivity contribution in [3.8, 4) is 17.5 Å². The van der Waals surface area contributed by atoms with Crippen molar-refractivity contribution in [3.63, 3.8) is 0 Å². The van der Waals surface area contributed by atoms with E-state index in [4.69, 9.17) is 9.68 Å². The molecule has 110 valence electrons. The second kappa shape index (κ2) is 6.00. The van der Waals surface area contributed by atoms with Gasteiger partial charge in [-0.1, -0.05) is 17.7 Å². The first-order valence-corrected chi connectivity index (χ1v) is 6.42. The number of oxazole rings is 1. The largest absolute Gasteiger partial charge is 0.451 e. The van der Waals surface area contributed by atoms with E-state index in [9.17, 15) is 13.2 Å². The Morgan fingerprint density at radius 1 is 1.24 bits per heavy atom. The minimum absolute atomic E-state index is 0.0470. The summed E-state index contributed by atoms with van der Waals surface area (Å²) < 4.78 is 43.8. The van der Waals surface area contributed by atoms with Crippen molar-refractivity contribution in [2.45, 2.75) is 32.4 Å². The van der Waals surface area contributed by atoms with Crippen LogP contribution in [0.2, 0.25) is 0 Å². The van der Waals surface area contributed by atoms with Crippen molar-refractivity contribution in [2.75, 3.05) is 0 Å². The number of unbranched alkanes of at least 4 members (excludes halogenated alkanes) is 1. The molecule has 0 fully saturated rings. The van der Waals surface area contributed by atoms with E-state index in [0.29, 0.717) is 12.0 Å². The van der Waals surface area contributed by atoms with Crippen molar-refractivity contribution in [1.82, 2.24) is 4.98 Å². The van der Waals surface area contributed by atoms with E-state index >= 15 is 0 Å². The lowest BCUT2D eigenvalue weighted by Crippen LogP contribution is -2.07. The van der Waals surface area contributed by atoms with Crippen LogP contribution in [0.1, 0.15) is 29.9 Å². The number of nitriles is 1. The van der Waals surface area contributed by atoms with E-state index in [-0.39, 0.29) is 24.4 Å². The zero-order chi connectivity index (χ0) is 15.5. The smallest absolute Gasteiger partial charge is 0.431 e. The molecule has 6 heteroatoms. The molecule has 0 saturated carbocycles. The van der Waals surface area contributed by atoms with Gasteiger partial charge in [0.2, 0.25) is 11.7 Å². The molecule has 3 nitrogen and oxygen atoms in total. The Labute approximate surface area is 120 Å². The minimum atomic E-state index is -4.59. The fourth-order valence-electron chi connectivity index (χ4n) is 1.90. The molecule has 21 heavy (non-hydrogen) atoms. The Bertz CT molecular complexity index is 651. The number of nitrogens with zero attached hydrogens (tertiary/aromatic N) is 2. The van der Waals surface area contributed by atoms with Gasteiger partial charge in [0.15, 0.2) is 0 Å². The lowest BCUT2D eigenvalue weighted by atomic mass is 10.1. The fourth-order valence-corrected chi connectivity index (χ4v) is 1.90. The van der Waals surface area contributed by atoms with E-state index in [1.807, 2.05) is 13.0 Å². The summed E-state index contributed by atoms with van der Waals surface area (Å²) in [5, 5.41) is 8.47. The minimum Gasteiger partial charge on any atom is -0.431 e. The van der Waals surface area contributed by atoms with E-state index in [1.165, 1.54) is 0 Å². The summed E-state index contributed by atoms with van der Waals surface area (Å²) in [4.78, 5) is 3.95. The van der Waals surface area contributed by atoms with Crippen LogP contribution in [0.4, 0.5) is 13.2 Å². The highest BCUT2D eigenvalue weighted by atomic mass is 19.4. The number of alkyl halides is 3. The third-order valence-corrected chi connectivity index (χ3v) is 2.96. The normalized spacial score (nSPS) is 11.4. The Morgan fingerprint density at radius 3 is 2.48 bits per heavy atom. The van der Waals surface area contributed by atoms with Gasteiger partial charge in [-0.25, -0.2) is 4.98 Å². The van der Waals surface area contributed by atoms with Crippen LogP contribution in [0.5, 0.6) is 0 Å². The van der Waals surface area contributed by atoms with Crippen molar-refractivity contribution < 1.29 is 17.6 Å². The molecular weight excluding hydrogens is 281 g/mol. The lowest BCUT2D eigenvalue weighted by molar-refractivity contribution is -0.153. The zero-order valence-electron chi connectivity index (χ0n) is 11.4. The van der Waals surface area contributed by atoms with Crippen LogP contribution in [0.25, 0.3) is 11.5 Å². The van der Waals surface area contributed by atoms with Crippen LogP contribution in [0, 0.1) is 18.3 Å². The van der Waals surface area contributed by atoms with Gasteiger partial charge in [0.1, 0.15) is 0 Å². The number of hydrogen-bond acceptors (Lipinski definition) is 3. The highest BCUT2D eigenvalue weighted by Crippen LogP contribution is 2.35.